The minimum absolute atomic E-state index is 0.643. The second-order valence-electron chi connectivity index (χ2n) is 5.32. The molecule has 3 rings (SSSR count). The topological polar surface area (TPSA) is 28.2 Å². The van der Waals surface area contributed by atoms with Crippen molar-refractivity contribution in [3.05, 3.63) is 23.9 Å². The second kappa shape index (κ2) is 4.65. The molecule has 1 aliphatic carbocycles. The summed E-state index contributed by atoms with van der Waals surface area (Å²) in [6, 6.07) is 5.63. The molecule has 1 aliphatic heterocycles. The molecule has 2 heterocycles. The van der Waals surface area contributed by atoms with Crippen molar-refractivity contribution in [1.82, 2.24) is 10.3 Å². The minimum Gasteiger partial charge on any atom is -0.352 e. The van der Waals surface area contributed by atoms with Crippen molar-refractivity contribution in [2.75, 3.05) is 18.0 Å². The maximum Gasteiger partial charge on any atom is 0.131 e. The number of aromatic nitrogens is 1. The lowest BCUT2D eigenvalue weighted by molar-refractivity contribution is 0.568. The van der Waals surface area contributed by atoms with Crippen LogP contribution in [0.25, 0.3) is 0 Å². The maximum absolute atomic E-state index is 4.55. The van der Waals surface area contributed by atoms with Crippen LogP contribution in [0.2, 0.25) is 0 Å². The van der Waals surface area contributed by atoms with Crippen molar-refractivity contribution < 1.29 is 0 Å². The Morgan fingerprint density at radius 2 is 2.29 bits per heavy atom. The molecule has 17 heavy (non-hydrogen) atoms. The van der Waals surface area contributed by atoms with E-state index in [0.29, 0.717) is 6.04 Å². The quantitative estimate of drug-likeness (QED) is 0.860. The summed E-state index contributed by atoms with van der Waals surface area (Å²) in [4.78, 5) is 7.04. The van der Waals surface area contributed by atoms with Gasteiger partial charge in [-0.05, 0) is 44.2 Å². The number of pyridine rings is 1. The normalized spacial score (nSPS) is 24.3. The third-order valence-corrected chi connectivity index (χ3v) is 3.85. The van der Waals surface area contributed by atoms with Gasteiger partial charge in [-0.15, -0.1) is 0 Å². The molecule has 0 aromatic carbocycles. The number of hydrogen-bond donors (Lipinski definition) is 1. The van der Waals surface area contributed by atoms with Crippen LogP contribution in [0, 0.1) is 6.92 Å². The number of aryl methyl sites for hydroxylation is 1. The van der Waals surface area contributed by atoms with Crippen molar-refractivity contribution in [3.8, 4) is 0 Å². The SMILES string of the molecule is Cc1cccnc1N1CCCC1CNC1CC1. The molecular weight excluding hydrogens is 210 g/mol. The monoisotopic (exact) mass is 231 g/mol. The van der Waals surface area contributed by atoms with Gasteiger partial charge in [-0.2, -0.15) is 0 Å². The van der Waals surface area contributed by atoms with E-state index in [2.05, 4.69) is 28.2 Å². The van der Waals surface area contributed by atoms with Crippen LogP contribution in [0.15, 0.2) is 18.3 Å². The fourth-order valence-corrected chi connectivity index (χ4v) is 2.69. The van der Waals surface area contributed by atoms with Gasteiger partial charge in [-0.3, -0.25) is 0 Å². The molecule has 1 aromatic rings. The maximum atomic E-state index is 4.55. The molecule has 1 atom stereocenters. The zero-order valence-corrected chi connectivity index (χ0v) is 10.5. The van der Waals surface area contributed by atoms with Crippen LogP contribution in [0.5, 0.6) is 0 Å². The van der Waals surface area contributed by atoms with E-state index in [0.717, 1.165) is 19.1 Å². The van der Waals surface area contributed by atoms with Gasteiger partial charge >= 0.3 is 0 Å². The number of anilines is 1. The van der Waals surface area contributed by atoms with Crippen molar-refractivity contribution in [1.29, 1.82) is 0 Å². The standard InChI is InChI=1S/C14H21N3/c1-11-4-2-8-15-14(11)17-9-3-5-13(17)10-16-12-6-7-12/h2,4,8,12-13,16H,3,5-7,9-10H2,1H3. The molecular formula is C14H21N3. The third-order valence-electron chi connectivity index (χ3n) is 3.85. The number of nitrogens with one attached hydrogen (secondary N) is 1. The summed E-state index contributed by atoms with van der Waals surface area (Å²) >= 11 is 0. The van der Waals surface area contributed by atoms with Crippen LogP contribution in [-0.2, 0) is 0 Å². The van der Waals surface area contributed by atoms with E-state index in [1.54, 1.807) is 0 Å². The highest BCUT2D eigenvalue weighted by Crippen LogP contribution is 2.27. The van der Waals surface area contributed by atoms with Crippen LogP contribution in [0.3, 0.4) is 0 Å². The first kappa shape index (κ1) is 11.0. The Balaban J connectivity index is 1.69. The summed E-state index contributed by atoms with van der Waals surface area (Å²) in [6.45, 7) is 4.45. The lowest BCUT2D eigenvalue weighted by Gasteiger charge is -2.27. The summed E-state index contributed by atoms with van der Waals surface area (Å²) in [6.07, 6.45) is 7.25. The Hall–Kier alpha value is -1.09. The summed E-state index contributed by atoms with van der Waals surface area (Å²) in [7, 11) is 0. The minimum atomic E-state index is 0.643. The Morgan fingerprint density at radius 3 is 3.06 bits per heavy atom. The van der Waals surface area contributed by atoms with E-state index in [-0.39, 0.29) is 0 Å². The molecule has 3 nitrogen and oxygen atoms in total. The summed E-state index contributed by atoms with van der Waals surface area (Å²) in [5.74, 6) is 1.19. The van der Waals surface area contributed by atoms with Crippen molar-refractivity contribution in [3.63, 3.8) is 0 Å². The molecule has 1 N–H and O–H groups in total. The molecule has 0 radical (unpaired) electrons. The lowest BCUT2D eigenvalue weighted by Crippen LogP contribution is -2.39. The van der Waals surface area contributed by atoms with Gasteiger partial charge in [0, 0.05) is 31.4 Å². The van der Waals surface area contributed by atoms with Crippen LogP contribution >= 0.6 is 0 Å². The zero-order chi connectivity index (χ0) is 11.7. The van der Waals surface area contributed by atoms with Gasteiger partial charge in [0.1, 0.15) is 5.82 Å². The number of nitrogens with zero attached hydrogens (tertiary/aromatic N) is 2. The van der Waals surface area contributed by atoms with Gasteiger partial charge in [0.2, 0.25) is 0 Å². The first-order chi connectivity index (χ1) is 8.34. The summed E-state index contributed by atoms with van der Waals surface area (Å²) < 4.78 is 0. The Bertz CT molecular complexity index is 387. The first-order valence-electron chi connectivity index (χ1n) is 6.76. The molecule has 2 fully saturated rings. The van der Waals surface area contributed by atoms with Gasteiger partial charge in [0.05, 0.1) is 0 Å². The summed E-state index contributed by atoms with van der Waals surface area (Å²) in [5, 5.41) is 3.65. The largest absolute Gasteiger partial charge is 0.352 e. The highest BCUT2D eigenvalue weighted by Gasteiger charge is 2.28. The van der Waals surface area contributed by atoms with E-state index in [9.17, 15) is 0 Å². The predicted molar refractivity (Wildman–Crippen MR) is 70.4 cm³/mol. The highest BCUT2D eigenvalue weighted by molar-refractivity contribution is 5.47. The zero-order valence-electron chi connectivity index (χ0n) is 10.5. The van der Waals surface area contributed by atoms with Crippen molar-refractivity contribution >= 4 is 5.82 Å². The van der Waals surface area contributed by atoms with Gasteiger partial charge in [-0.25, -0.2) is 4.98 Å². The Morgan fingerprint density at radius 1 is 1.41 bits per heavy atom. The van der Waals surface area contributed by atoms with Gasteiger partial charge in [0.25, 0.3) is 0 Å². The van der Waals surface area contributed by atoms with Gasteiger partial charge in [0.15, 0.2) is 0 Å². The van der Waals surface area contributed by atoms with E-state index in [1.165, 1.54) is 37.1 Å². The molecule has 0 spiro atoms. The van der Waals surface area contributed by atoms with E-state index >= 15 is 0 Å². The van der Waals surface area contributed by atoms with E-state index in [1.807, 2.05) is 12.3 Å². The van der Waals surface area contributed by atoms with Gasteiger partial charge < -0.3 is 10.2 Å². The molecule has 1 aromatic heterocycles. The average molecular weight is 231 g/mol. The molecule has 1 saturated carbocycles. The van der Waals surface area contributed by atoms with Gasteiger partial charge in [-0.1, -0.05) is 6.07 Å². The number of hydrogen-bond acceptors (Lipinski definition) is 3. The fraction of sp³-hybridized carbons (Fsp3) is 0.643. The molecule has 1 saturated heterocycles. The number of rotatable bonds is 4. The lowest BCUT2D eigenvalue weighted by atomic mass is 10.2. The average Bonchev–Trinajstić information content (AvgIpc) is 3.06. The smallest absolute Gasteiger partial charge is 0.131 e. The van der Waals surface area contributed by atoms with Crippen LogP contribution in [0.1, 0.15) is 31.2 Å². The molecule has 0 amide bonds. The predicted octanol–water partition coefficient (Wildman–Crippen LogP) is 2.11. The van der Waals surface area contributed by atoms with Crippen LogP contribution in [-0.4, -0.2) is 30.2 Å². The molecule has 0 bridgehead atoms. The summed E-state index contributed by atoms with van der Waals surface area (Å²) in [5.41, 5.74) is 1.30. The van der Waals surface area contributed by atoms with Crippen molar-refractivity contribution in [2.24, 2.45) is 0 Å². The second-order valence-corrected chi connectivity index (χ2v) is 5.32. The molecule has 2 aliphatic rings. The van der Waals surface area contributed by atoms with Crippen LogP contribution < -0.4 is 10.2 Å². The van der Waals surface area contributed by atoms with Crippen molar-refractivity contribution in [2.45, 2.75) is 44.7 Å². The van der Waals surface area contributed by atoms with Crippen LogP contribution in [0.4, 0.5) is 5.82 Å². The molecule has 92 valence electrons. The Kier molecular flexibility index (Phi) is 3.02. The highest BCUT2D eigenvalue weighted by atomic mass is 15.2. The van der Waals surface area contributed by atoms with E-state index in [4.69, 9.17) is 0 Å². The molecule has 3 heteroatoms. The van der Waals surface area contributed by atoms with E-state index < -0.39 is 0 Å². The Labute approximate surface area is 103 Å². The fourth-order valence-electron chi connectivity index (χ4n) is 2.69. The third kappa shape index (κ3) is 2.44. The molecule has 1 unspecified atom stereocenters. The first-order valence-corrected chi connectivity index (χ1v) is 6.76.